The first-order valence-electron chi connectivity index (χ1n) is 5.73. The van der Waals surface area contributed by atoms with Crippen LogP contribution in [0.2, 0.25) is 0 Å². The van der Waals surface area contributed by atoms with Crippen molar-refractivity contribution < 1.29 is 4.74 Å². The van der Waals surface area contributed by atoms with Gasteiger partial charge in [-0.25, -0.2) is 9.97 Å². The minimum atomic E-state index is -0.173. The smallest absolute Gasteiger partial charge is 0.251 e. The zero-order valence-corrected chi connectivity index (χ0v) is 10.6. The molecule has 0 fully saturated rings. The summed E-state index contributed by atoms with van der Waals surface area (Å²) in [6, 6.07) is 6.84. The third-order valence-electron chi connectivity index (χ3n) is 2.53. The van der Waals surface area contributed by atoms with Crippen molar-refractivity contribution in [3.05, 3.63) is 40.3 Å². The van der Waals surface area contributed by atoms with Gasteiger partial charge in [-0.1, -0.05) is 19.9 Å². The Hall–Kier alpha value is -2.17. The van der Waals surface area contributed by atoms with E-state index in [2.05, 4.69) is 15.0 Å². The van der Waals surface area contributed by atoms with E-state index in [1.54, 1.807) is 19.2 Å². The fraction of sp³-hybridized carbons (Fsp3) is 0.308. The van der Waals surface area contributed by atoms with E-state index in [1.165, 1.54) is 6.07 Å². The molecule has 2 aromatic rings. The molecule has 0 radical (unpaired) electrons. The van der Waals surface area contributed by atoms with Gasteiger partial charge in [0.15, 0.2) is 5.82 Å². The highest BCUT2D eigenvalue weighted by Crippen LogP contribution is 2.17. The second-order valence-electron chi connectivity index (χ2n) is 4.24. The van der Waals surface area contributed by atoms with Crippen molar-refractivity contribution in [2.24, 2.45) is 0 Å². The Morgan fingerprint density at radius 2 is 2.06 bits per heavy atom. The van der Waals surface area contributed by atoms with E-state index < -0.39 is 0 Å². The van der Waals surface area contributed by atoms with E-state index in [0.29, 0.717) is 17.4 Å². The molecule has 94 valence electrons. The number of nitrogens with zero attached hydrogens (tertiary/aromatic N) is 2. The van der Waals surface area contributed by atoms with Gasteiger partial charge < -0.3 is 9.72 Å². The number of hydrogen-bond donors (Lipinski definition) is 1. The first-order valence-corrected chi connectivity index (χ1v) is 5.73. The van der Waals surface area contributed by atoms with Crippen molar-refractivity contribution >= 4 is 0 Å². The molecular weight excluding hydrogens is 230 g/mol. The molecule has 0 unspecified atom stereocenters. The van der Waals surface area contributed by atoms with E-state index in [9.17, 15) is 4.79 Å². The number of H-pyrrole nitrogens is 1. The number of ether oxygens (including phenoxy) is 1. The number of aromatic nitrogens is 3. The van der Waals surface area contributed by atoms with Gasteiger partial charge in [0.2, 0.25) is 5.88 Å². The summed E-state index contributed by atoms with van der Waals surface area (Å²) in [6.45, 7) is 3.98. The lowest BCUT2D eigenvalue weighted by Crippen LogP contribution is -2.11. The molecule has 5 nitrogen and oxygen atoms in total. The average Bonchev–Trinajstić information content (AvgIpc) is 2.38. The van der Waals surface area contributed by atoms with Crippen molar-refractivity contribution in [2.75, 3.05) is 7.11 Å². The molecular formula is C13H15N3O2. The molecule has 0 aliphatic heterocycles. The summed E-state index contributed by atoms with van der Waals surface area (Å²) in [5.74, 6) is 1.15. The van der Waals surface area contributed by atoms with E-state index >= 15 is 0 Å². The molecule has 0 saturated heterocycles. The van der Waals surface area contributed by atoms with Gasteiger partial charge in [0.1, 0.15) is 5.69 Å². The Balaban J connectivity index is 2.52. The summed E-state index contributed by atoms with van der Waals surface area (Å²) in [4.78, 5) is 22.9. The number of methoxy groups -OCH3 is 1. The summed E-state index contributed by atoms with van der Waals surface area (Å²) in [5, 5.41) is 0. The summed E-state index contributed by atoms with van der Waals surface area (Å²) < 4.78 is 5.05. The maximum absolute atomic E-state index is 11.6. The normalized spacial score (nSPS) is 10.7. The van der Waals surface area contributed by atoms with E-state index in [1.807, 2.05) is 19.9 Å². The lowest BCUT2D eigenvalue weighted by atomic mass is 10.1. The van der Waals surface area contributed by atoms with Gasteiger partial charge in [0, 0.05) is 12.1 Å². The van der Waals surface area contributed by atoms with Crippen molar-refractivity contribution in [3.63, 3.8) is 0 Å². The third kappa shape index (κ3) is 2.56. The highest BCUT2D eigenvalue weighted by molar-refractivity contribution is 5.49. The molecule has 5 heteroatoms. The zero-order chi connectivity index (χ0) is 13.1. The summed E-state index contributed by atoms with van der Waals surface area (Å²) in [6.07, 6.45) is 0. The summed E-state index contributed by atoms with van der Waals surface area (Å²) in [7, 11) is 1.55. The van der Waals surface area contributed by atoms with E-state index in [4.69, 9.17) is 4.74 Å². The SMILES string of the molecule is COc1cccc(-c2nc(C(C)C)cc(=O)[nH]2)n1. The lowest BCUT2D eigenvalue weighted by molar-refractivity contribution is 0.398. The molecule has 0 bridgehead atoms. The Morgan fingerprint density at radius 1 is 1.28 bits per heavy atom. The molecule has 0 spiro atoms. The van der Waals surface area contributed by atoms with Gasteiger partial charge in [0.05, 0.1) is 12.8 Å². The van der Waals surface area contributed by atoms with Crippen LogP contribution < -0.4 is 10.3 Å². The molecule has 0 aliphatic carbocycles. The van der Waals surface area contributed by atoms with Crippen LogP contribution in [0.3, 0.4) is 0 Å². The number of aromatic amines is 1. The predicted molar refractivity (Wildman–Crippen MR) is 68.7 cm³/mol. The summed E-state index contributed by atoms with van der Waals surface area (Å²) in [5.41, 5.74) is 1.17. The first kappa shape index (κ1) is 12.3. The van der Waals surface area contributed by atoms with Crippen LogP contribution in [-0.2, 0) is 0 Å². The quantitative estimate of drug-likeness (QED) is 0.897. The van der Waals surface area contributed by atoms with Crippen LogP contribution >= 0.6 is 0 Å². The Labute approximate surface area is 105 Å². The number of nitrogens with one attached hydrogen (secondary N) is 1. The first-order chi connectivity index (χ1) is 8.60. The second-order valence-corrected chi connectivity index (χ2v) is 4.24. The lowest BCUT2D eigenvalue weighted by Gasteiger charge is -2.07. The third-order valence-corrected chi connectivity index (χ3v) is 2.53. The number of hydrogen-bond acceptors (Lipinski definition) is 4. The average molecular weight is 245 g/mol. The fourth-order valence-electron chi connectivity index (χ4n) is 1.55. The molecule has 0 atom stereocenters. The molecule has 0 amide bonds. The topological polar surface area (TPSA) is 67.9 Å². The van der Waals surface area contributed by atoms with Gasteiger partial charge in [-0.3, -0.25) is 4.79 Å². The van der Waals surface area contributed by atoms with Gasteiger partial charge in [-0.05, 0) is 12.0 Å². The van der Waals surface area contributed by atoms with Crippen LogP contribution in [0.5, 0.6) is 5.88 Å². The largest absolute Gasteiger partial charge is 0.481 e. The standard InChI is InChI=1S/C13H15N3O2/c1-8(2)10-7-11(17)16-13(15-10)9-5-4-6-12(14-9)18-3/h4-8H,1-3H3,(H,15,16,17). The Kier molecular flexibility index (Phi) is 3.41. The molecule has 0 saturated carbocycles. The van der Waals surface area contributed by atoms with E-state index in [-0.39, 0.29) is 11.5 Å². The molecule has 0 aromatic carbocycles. The van der Waals surface area contributed by atoms with Gasteiger partial charge >= 0.3 is 0 Å². The van der Waals surface area contributed by atoms with Gasteiger partial charge in [-0.15, -0.1) is 0 Å². The minimum Gasteiger partial charge on any atom is -0.481 e. The molecule has 1 N–H and O–H groups in total. The maximum atomic E-state index is 11.6. The molecule has 2 rings (SSSR count). The molecule has 2 aromatic heterocycles. The van der Waals surface area contributed by atoms with E-state index in [0.717, 1.165) is 5.69 Å². The van der Waals surface area contributed by atoms with Crippen molar-refractivity contribution in [1.82, 2.24) is 15.0 Å². The van der Waals surface area contributed by atoms with Crippen LogP contribution in [0.25, 0.3) is 11.5 Å². The molecule has 2 heterocycles. The number of pyridine rings is 1. The molecule has 0 aliphatic rings. The highest BCUT2D eigenvalue weighted by Gasteiger charge is 2.08. The highest BCUT2D eigenvalue weighted by atomic mass is 16.5. The maximum Gasteiger partial charge on any atom is 0.251 e. The summed E-state index contributed by atoms with van der Waals surface area (Å²) >= 11 is 0. The minimum absolute atomic E-state index is 0.173. The van der Waals surface area contributed by atoms with Gasteiger partial charge in [0.25, 0.3) is 5.56 Å². The fourth-order valence-corrected chi connectivity index (χ4v) is 1.55. The monoisotopic (exact) mass is 245 g/mol. The Morgan fingerprint density at radius 3 is 2.72 bits per heavy atom. The van der Waals surface area contributed by atoms with Crippen molar-refractivity contribution in [3.8, 4) is 17.4 Å². The van der Waals surface area contributed by atoms with Gasteiger partial charge in [-0.2, -0.15) is 0 Å². The van der Waals surface area contributed by atoms with Crippen LogP contribution in [0.4, 0.5) is 0 Å². The number of rotatable bonds is 3. The van der Waals surface area contributed by atoms with Crippen LogP contribution in [0, 0.1) is 0 Å². The van der Waals surface area contributed by atoms with Crippen molar-refractivity contribution in [2.45, 2.75) is 19.8 Å². The second kappa shape index (κ2) is 5.00. The predicted octanol–water partition coefficient (Wildman–Crippen LogP) is 1.96. The van der Waals surface area contributed by atoms with Crippen molar-refractivity contribution in [1.29, 1.82) is 0 Å². The van der Waals surface area contributed by atoms with Crippen LogP contribution in [-0.4, -0.2) is 22.1 Å². The van der Waals surface area contributed by atoms with Crippen LogP contribution in [0.15, 0.2) is 29.1 Å². The van der Waals surface area contributed by atoms with Crippen LogP contribution in [0.1, 0.15) is 25.5 Å². The Bertz CT molecular complexity index is 605. The zero-order valence-electron chi connectivity index (χ0n) is 10.6. The molecule has 18 heavy (non-hydrogen) atoms.